The minimum Gasteiger partial charge on any atom is -0.476 e. The van der Waals surface area contributed by atoms with E-state index in [1.165, 1.54) is 29.8 Å². The van der Waals surface area contributed by atoms with Gasteiger partial charge in [0, 0.05) is 17.8 Å². The number of hydrogen-bond donors (Lipinski definition) is 1. The number of nitrogens with two attached hydrogens (primary N) is 1. The van der Waals surface area contributed by atoms with Crippen LogP contribution in [0, 0.1) is 5.92 Å². The van der Waals surface area contributed by atoms with Crippen LogP contribution in [-0.2, 0) is 6.18 Å². The summed E-state index contributed by atoms with van der Waals surface area (Å²) in [6.45, 7) is 0.587. The molecule has 0 amide bonds. The second-order valence-corrected chi connectivity index (χ2v) is 6.70. The highest BCUT2D eigenvalue weighted by atomic mass is 19.4. The van der Waals surface area contributed by atoms with E-state index in [0.717, 1.165) is 18.9 Å². The minimum atomic E-state index is -4.59. The molecule has 0 unspecified atom stereocenters. The molecular formula is C18H18F3N5O. The van der Waals surface area contributed by atoms with Gasteiger partial charge in [-0.2, -0.15) is 13.2 Å². The lowest BCUT2D eigenvalue weighted by molar-refractivity contribution is -0.137. The maximum absolute atomic E-state index is 13.1. The van der Waals surface area contributed by atoms with Crippen LogP contribution in [0.2, 0.25) is 0 Å². The third-order valence-corrected chi connectivity index (χ3v) is 4.80. The molecule has 3 heterocycles. The zero-order chi connectivity index (χ0) is 19.0. The van der Waals surface area contributed by atoms with E-state index in [2.05, 4.69) is 15.1 Å². The molecule has 4 rings (SSSR count). The van der Waals surface area contributed by atoms with E-state index in [1.54, 1.807) is 12.1 Å². The van der Waals surface area contributed by atoms with E-state index >= 15 is 0 Å². The molecule has 0 spiro atoms. The second kappa shape index (κ2) is 6.71. The van der Waals surface area contributed by atoms with Crippen molar-refractivity contribution in [2.45, 2.75) is 31.9 Å². The van der Waals surface area contributed by atoms with Gasteiger partial charge in [-0.05, 0) is 30.9 Å². The predicted octanol–water partition coefficient (Wildman–Crippen LogP) is 3.96. The maximum Gasteiger partial charge on any atom is 0.419 e. The molecule has 142 valence electrons. The molecule has 0 atom stereocenters. The fourth-order valence-electron chi connectivity index (χ4n) is 3.35. The van der Waals surface area contributed by atoms with E-state index in [0.29, 0.717) is 29.7 Å². The van der Waals surface area contributed by atoms with Crippen LogP contribution < -0.4 is 10.5 Å². The van der Waals surface area contributed by atoms with Crippen molar-refractivity contribution in [2.75, 3.05) is 12.3 Å². The van der Waals surface area contributed by atoms with Gasteiger partial charge in [0.05, 0.1) is 24.1 Å². The Labute approximate surface area is 153 Å². The Morgan fingerprint density at radius 2 is 1.93 bits per heavy atom. The number of nitrogen functional groups attached to an aromatic ring is 1. The largest absolute Gasteiger partial charge is 0.476 e. The van der Waals surface area contributed by atoms with Crippen molar-refractivity contribution in [3.63, 3.8) is 0 Å². The molecule has 0 radical (unpaired) electrons. The van der Waals surface area contributed by atoms with Crippen LogP contribution in [0.5, 0.6) is 5.88 Å². The molecular weight excluding hydrogens is 359 g/mol. The molecule has 27 heavy (non-hydrogen) atoms. The van der Waals surface area contributed by atoms with Crippen LogP contribution >= 0.6 is 0 Å². The Morgan fingerprint density at radius 1 is 1.15 bits per heavy atom. The molecule has 9 heteroatoms. The van der Waals surface area contributed by atoms with Crippen LogP contribution in [0.1, 0.15) is 31.2 Å². The summed E-state index contributed by atoms with van der Waals surface area (Å²) >= 11 is 0. The topological polar surface area (TPSA) is 78.3 Å². The number of fused-ring (bicyclic) bond motifs is 1. The van der Waals surface area contributed by atoms with Crippen LogP contribution in [0.15, 0.2) is 30.6 Å². The van der Waals surface area contributed by atoms with Crippen LogP contribution in [-0.4, -0.2) is 26.2 Å². The van der Waals surface area contributed by atoms with Gasteiger partial charge < -0.3 is 10.5 Å². The molecule has 0 saturated heterocycles. The van der Waals surface area contributed by atoms with E-state index in [9.17, 15) is 13.2 Å². The number of anilines is 1. The predicted molar refractivity (Wildman–Crippen MR) is 93.1 cm³/mol. The molecule has 6 nitrogen and oxygen atoms in total. The standard InChI is InChI=1S/C18H18F3N5O/c19-18(20,21)13-7-12(8-24-17(13)22)14-9-23-15-5-6-16(25-26(14)15)27-10-11-3-1-2-4-11/h5-9,11H,1-4,10H2,(H2,22,24). The Balaban J connectivity index is 1.67. The molecule has 1 fully saturated rings. The number of halogens is 3. The normalized spacial score (nSPS) is 15.5. The Bertz CT molecular complexity index is 963. The lowest BCUT2D eigenvalue weighted by Gasteiger charge is -2.12. The van der Waals surface area contributed by atoms with Gasteiger partial charge in [-0.1, -0.05) is 12.8 Å². The third kappa shape index (κ3) is 3.54. The van der Waals surface area contributed by atoms with Crippen molar-refractivity contribution < 1.29 is 17.9 Å². The quantitative estimate of drug-likeness (QED) is 0.745. The highest BCUT2D eigenvalue weighted by Crippen LogP contribution is 2.35. The molecule has 1 aliphatic rings. The molecule has 3 aromatic rings. The van der Waals surface area contributed by atoms with E-state index in [4.69, 9.17) is 10.5 Å². The lowest BCUT2D eigenvalue weighted by Crippen LogP contribution is -2.11. The molecule has 1 aliphatic carbocycles. The fraction of sp³-hybridized carbons (Fsp3) is 0.389. The average molecular weight is 377 g/mol. The summed E-state index contributed by atoms with van der Waals surface area (Å²) < 4.78 is 46.6. The number of rotatable bonds is 4. The summed E-state index contributed by atoms with van der Waals surface area (Å²) in [4.78, 5) is 7.87. The third-order valence-electron chi connectivity index (χ3n) is 4.80. The SMILES string of the molecule is Nc1ncc(-c2cnc3ccc(OCC4CCCC4)nn23)cc1C(F)(F)F. The molecule has 2 N–H and O–H groups in total. The first-order valence-electron chi connectivity index (χ1n) is 8.72. The Morgan fingerprint density at radius 3 is 2.67 bits per heavy atom. The number of ether oxygens (including phenoxy) is 1. The minimum absolute atomic E-state index is 0.226. The first kappa shape index (κ1) is 17.6. The summed E-state index contributed by atoms with van der Waals surface area (Å²) in [7, 11) is 0. The second-order valence-electron chi connectivity index (χ2n) is 6.70. The summed E-state index contributed by atoms with van der Waals surface area (Å²) in [5.41, 5.74) is 5.51. The van der Waals surface area contributed by atoms with Crippen molar-refractivity contribution in [3.8, 4) is 17.1 Å². The molecule has 1 saturated carbocycles. The number of pyridine rings is 1. The van der Waals surface area contributed by atoms with Crippen molar-refractivity contribution in [1.82, 2.24) is 19.6 Å². The van der Waals surface area contributed by atoms with Crippen molar-refractivity contribution in [2.24, 2.45) is 5.92 Å². The van der Waals surface area contributed by atoms with Gasteiger partial charge in [-0.25, -0.2) is 14.5 Å². The number of alkyl halides is 3. The number of aromatic nitrogens is 4. The van der Waals surface area contributed by atoms with Crippen LogP contribution in [0.4, 0.5) is 19.0 Å². The Hall–Kier alpha value is -2.84. The Kier molecular flexibility index (Phi) is 4.37. The summed E-state index contributed by atoms with van der Waals surface area (Å²) in [6, 6.07) is 4.39. The van der Waals surface area contributed by atoms with Gasteiger partial charge in [-0.15, -0.1) is 5.10 Å². The van der Waals surface area contributed by atoms with Gasteiger partial charge in [0.15, 0.2) is 5.65 Å². The zero-order valence-electron chi connectivity index (χ0n) is 14.4. The molecule has 0 aromatic carbocycles. The highest BCUT2D eigenvalue weighted by molar-refractivity contribution is 5.65. The van der Waals surface area contributed by atoms with Gasteiger partial charge in [0.1, 0.15) is 5.82 Å². The molecule has 3 aromatic heterocycles. The summed E-state index contributed by atoms with van der Waals surface area (Å²) in [6.07, 6.45) is 2.89. The first-order chi connectivity index (χ1) is 12.9. The van der Waals surface area contributed by atoms with Gasteiger partial charge >= 0.3 is 6.18 Å². The van der Waals surface area contributed by atoms with Gasteiger partial charge in [0.25, 0.3) is 0 Å². The summed E-state index contributed by atoms with van der Waals surface area (Å²) in [5.74, 6) is 0.377. The number of imidazole rings is 1. The number of hydrogen-bond acceptors (Lipinski definition) is 5. The monoisotopic (exact) mass is 377 g/mol. The van der Waals surface area contributed by atoms with Crippen molar-refractivity contribution in [1.29, 1.82) is 0 Å². The molecule has 0 bridgehead atoms. The highest BCUT2D eigenvalue weighted by Gasteiger charge is 2.34. The fourth-order valence-corrected chi connectivity index (χ4v) is 3.35. The van der Waals surface area contributed by atoms with Gasteiger partial charge in [0.2, 0.25) is 5.88 Å². The van der Waals surface area contributed by atoms with E-state index in [-0.39, 0.29) is 5.56 Å². The molecule has 0 aliphatic heterocycles. The van der Waals surface area contributed by atoms with E-state index in [1.807, 2.05) is 0 Å². The summed E-state index contributed by atoms with van der Waals surface area (Å²) in [5, 5.41) is 4.38. The maximum atomic E-state index is 13.1. The van der Waals surface area contributed by atoms with Crippen LogP contribution in [0.3, 0.4) is 0 Å². The van der Waals surface area contributed by atoms with Crippen molar-refractivity contribution >= 4 is 11.5 Å². The van der Waals surface area contributed by atoms with E-state index < -0.39 is 17.6 Å². The first-order valence-corrected chi connectivity index (χ1v) is 8.72. The smallest absolute Gasteiger partial charge is 0.419 e. The van der Waals surface area contributed by atoms with Crippen molar-refractivity contribution in [3.05, 3.63) is 36.2 Å². The number of nitrogens with zero attached hydrogens (tertiary/aromatic N) is 4. The lowest BCUT2D eigenvalue weighted by atomic mass is 10.1. The average Bonchev–Trinajstić information content (AvgIpc) is 3.29. The van der Waals surface area contributed by atoms with Crippen LogP contribution in [0.25, 0.3) is 16.9 Å². The zero-order valence-corrected chi connectivity index (χ0v) is 14.4. The van der Waals surface area contributed by atoms with Gasteiger partial charge in [-0.3, -0.25) is 0 Å².